The van der Waals surface area contributed by atoms with E-state index in [1.807, 2.05) is 24.3 Å². The summed E-state index contributed by atoms with van der Waals surface area (Å²) in [6.07, 6.45) is 1.65. The number of aromatic nitrogens is 1. The molecule has 1 aromatic heterocycles. The van der Waals surface area contributed by atoms with Gasteiger partial charge < -0.3 is 19.7 Å². The molecular formula is C26H25FN4O5. The van der Waals surface area contributed by atoms with E-state index < -0.39 is 29.7 Å². The number of anilines is 2. The van der Waals surface area contributed by atoms with E-state index in [0.29, 0.717) is 17.9 Å². The van der Waals surface area contributed by atoms with Gasteiger partial charge in [-0.05, 0) is 60.5 Å². The lowest BCUT2D eigenvalue weighted by Crippen LogP contribution is -2.39. The molecule has 1 unspecified atom stereocenters. The highest BCUT2D eigenvalue weighted by Crippen LogP contribution is 2.28. The number of halogens is 1. The normalized spacial score (nSPS) is 15.2. The van der Waals surface area contributed by atoms with E-state index in [2.05, 4.69) is 10.3 Å². The van der Waals surface area contributed by atoms with Crippen LogP contribution in [0.15, 0.2) is 66.9 Å². The van der Waals surface area contributed by atoms with Crippen molar-refractivity contribution in [2.24, 2.45) is 0 Å². The minimum Gasteiger partial charge on any atom is -0.497 e. The number of rotatable bonds is 9. The van der Waals surface area contributed by atoms with Gasteiger partial charge in [0.05, 0.1) is 32.5 Å². The molecule has 2 aromatic carbocycles. The number of methoxy groups -OCH3 is 2. The first-order valence-electron chi connectivity index (χ1n) is 11.2. The highest BCUT2D eigenvalue weighted by atomic mass is 19.1. The minimum absolute atomic E-state index is 0.202. The molecule has 4 rings (SSSR count). The van der Waals surface area contributed by atoms with E-state index in [1.165, 1.54) is 42.5 Å². The summed E-state index contributed by atoms with van der Waals surface area (Å²) in [5.74, 6) is 0.00263. The number of nitrogens with zero attached hydrogens (tertiary/aromatic N) is 3. The van der Waals surface area contributed by atoms with Crippen molar-refractivity contribution in [3.05, 3.63) is 78.2 Å². The number of urea groups is 1. The largest absolute Gasteiger partial charge is 0.497 e. The molecule has 1 aliphatic heterocycles. The summed E-state index contributed by atoms with van der Waals surface area (Å²) < 4.78 is 23.7. The molecule has 1 fully saturated rings. The van der Waals surface area contributed by atoms with Crippen LogP contribution in [-0.2, 0) is 16.0 Å². The van der Waals surface area contributed by atoms with Gasteiger partial charge in [-0.25, -0.2) is 19.1 Å². The number of benzene rings is 2. The van der Waals surface area contributed by atoms with E-state index >= 15 is 0 Å². The Labute approximate surface area is 207 Å². The van der Waals surface area contributed by atoms with Crippen molar-refractivity contribution in [1.82, 2.24) is 9.88 Å². The molecule has 3 aromatic rings. The number of pyridine rings is 1. The zero-order valence-electron chi connectivity index (χ0n) is 19.8. The molecule has 9 nitrogen and oxygen atoms in total. The Balaban J connectivity index is 1.53. The number of hydrogen-bond donors (Lipinski definition) is 1. The van der Waals surface area contributed by atoms with Crippen LogP contribution in [0.2, 0.25) is 0 Å². The first kappa shape index (κ1) is 24.6. The molecular weight excluding hydrogens is 467 g/mol. The van der Waals surface area contributed by atoms with E-state index in [-0.39, 0.29) is 24.5 Å². The van der Waals surface area contributed by atoms with Crippen molar-refractivity contribution in [3.8, 4) is 11.5 Å². The molecule has 0 radical (unpaired) electrons. The van der Waals surface area contributed by atoms with Crippen LogP contribution in [0.25, 0.3) is 0 Å². The first-order valence-corrected chi connectivity index (χ1v) is 11.2. The summed E-state index contributed by atoms with van der Waals surface area (Å²) in [5.41, 5.74) is 1.17. The van der Waals surface area contributed by atoms with Crippen molar-refractivity contribution < 1.29 is 28.2 Å². The summed E-state index contributed by atoms with van der Waals surface area (Å²) in [6.45, 7) is 0.202. The summed E-state index contributed by atoms with van der Waals surface area (Å²) in [7, 11) is 3.08. The maximum Gasteiger partial charge on any atom is 0.332 e. The predicted molar refractivity (Wildman–Crippen MR) is 131 cm³/mol. The fraction of sp³-hybridized carbons (Fsp3) is 0.231. The van der Waals surface area contributed by atoms with Gasteiger partial charge in [0.1, 0.15) is 29.2 Å². The molecule has 0 spiro atoms. The fourth-order valence-electron chi connectivity index (χ4n) is 3.90. The highest BCUT2D eigenvalue weighted by molar-refractivity contribution is 6.22. The lowest BCUT2D eigenvalue weighted by Gasteiger charge is -2.21. The first-order chi connectivity index (χ1) is 17.4. The summed E-state index contributed by atoms with van der Waals surface area (Å²) in [6, 6.07) is 14.0. The molecule has 4 amide bonds. The summed E-state index contributed by atoms with van der Waals surface area (Å²) in [5, 5.41) is 2.65. The molecule has 2 heterocycles. The molecule has 36 heavy (non-hydrogen) atoms. The lowest BCUT2D eigenvalue weighted by molar-refractivity contribution is -0.124. The Bertz CT molecular complexity index is 1230. The third kappa shape index (κ3) is 5.43. The summed E-state index contributed by atoms with van der Waals surface area (Å²) in [4.78, 5) is 45.9. The molecule has 0 bridgehead atoms. The van der Waals surface area contributed by atoms with Crippen LogP contribution in [-0.4, -0.2) is 54.5 Å². The van der Waals surface area contributed by atoms with Crippen molar-refractivity contribution in [2.75, 3.05) is 31.0 Å². The van der Waals surface area contributed by atoms with Crippen LogP contribution < -0.4 is 19.7 Å². The van der Waals surface area contributed by atoms with Crippen molar-refractivity contribution in [3.63, 3.8) is 0 Å². The maximum absolute atomic E-state index is 13.4. The zero-order valence-corrected chi connectivity index (χ0v) is 19.8. The molecule has 0 saturated carbocycles. The van der Waals surface area contributed by atoms with E-state index in [4.69, 9.17) is 9.47 Å². The van der Waals surface area contributed by atoms with Gasteiger partial charge >= 0.3 is 6.03 Å². The summed E-state index contributed by atoms with van der Waals surface area (Å²) >= 11 is 0. The average Bonchev–Trinajstić information content (AvgIpc) is 3.12. The minimum atomic E-state index is -1.03. The SMILES string of the molecule is COc1ccc(CCN2C(=O)N(c3ccc(F)cc3)C(=O)C2CC(=O)Nc2ccc(OC)cn2)cc1. The van der Waals surface area contributed by atoms with Gasteiger partial charge in [0, 0.05) is 6.54 Å². The highest BCUT2D eigenvalue weighted by Gasteiger charge is 2.46. The third-order valence-corrected chi connectivity index (χ3v) is 5.82. The van der Waals surface area contributed by atoms with Crippen molar-refractivity contribution in [2.45, 2.75) is 18.9 Å². The Morgan fingerprint density at radius 1 is 0.972 bits per heavy atom. The number of carbonyl (C=O) groups excluding carboxylic acids is 3. The van der Waals surface area contributed by atoms with Crippen LogP contribution in [0.4, 0.5) is 20.7 Å². The average molecular weight is 493 g/mol. The topological polar surface area (TPSA) is 101 Å². The standard InChI is InChI=1S/C26H25FN4O5/c1-35-20-9-3-17(4-10-20)13-14-30-22(15-24(32)29-23-12-11-21(36-2)16-28-23)25(33)31(26(30)34)19-7-5-18(27)6-8-19/h3-12,16,22H,13-15H2,1-2H3,(H,28,29,32). The van der Waals surface area contributed by atoms with Gasteiger partial charge in [0.15, 0.2) is 0 Å². The van der Waals surface area contributed by atoms with Gasteiger partial charge in [-0.3, -0.25) is 9.59 Å². The lowest BCUT2D eigenvalue weighted by atomic mass is 10.1. The monoisotopic (exact) mass is 492 g/mol. The Morgan fingerprint density at radius 3 is 2.25 bits per heavy atom. The molecule has 0 aliphatic carbocycles. The molecule has 1 atom stereocenters. The number of ether oxygens (including phenoxy) is 2. The quantitative estimate of drug-likeness (QED) is 0.458. The zero-order chi connectivity index (χ0) is 25.7. The van der Waals surface area contributed by atoms with Crippen LogP contribution in [0.5, 0.6) is 11.5 Å². The second-order valence-corrected chi connectivity index (χ2v) is 8.08. The van der Waals surface area contributed by atoms with Gasteiger partial charge in [0.25, 0.3) is 5.91 Å². The molecule has 1 aliphatic rings. The maximum atomic E-state index is 13.4. The van der Waals surface area contributed by atoms with E-state index in [9.17, 15) is 18.8 Å². The van der Waals surface area contributed by atoms with Crippen LogP contribution in [0.3, 0.4) is 0 Å². The van der Waals surface area contributed by atoms with Crippen LogP contribution in [0.1, 0.15) is 12.0 Å². The Hall–Kier alpha value is -4.47. The van der Waals surface area contributed by atoms with Crippen LogP contribution in [0, 0.1) is 5.82 Å². The predicted octanol–water partition coefficient (Wildman–Crippen LogP) is 3.65. The molecule has 1 N–H and O–H groups in total. The fourth-order valence-corrected chi connectivity index (χ4v) is 3.90. The smallest absolute Gasteiger partial charge is 0.332 e. The number of amides is 4. The Morgan fingerprint density at radius 2 is 1.64 bits per heavy atom. The molecule has 186 valence electrons. The number of hydrogen-bond acceptors (Lipinski definition) is 6. The number of nitrogens with one attached hydrogen (secondary N) is 1. The number of imide groups is 1. The second-order valence-electron chi connectivity index (χ2n) is 8.08. The van der Waals surface area contributed by atoms with E-state index in [0.717, 1.165) is 10.5 Å². The van der Waals surface area contributed by atoms with Gasteiger partial charge in [-0.15, -0.1) is 0 Å². The Kier molecular flexibility index (Phi) is 7.43. The molecule has 1 saturated heterocycles. The third-order valence-electron chi connectivity index (χ3n) is 5.82. The van der Waals surface area contributed by atoms with Gasteiger partial charge in [-0.2, -0.15) is 0 Å². The van der Waals surface area contributed by atoms with Gasteiger partial charge in [-0.1, -0.05) is 12.1 Å². The number of carbonyl (C=O) groups is 3. The van der Waals surface area contributed by atoms with E-state index in [1.54, 1.807) is 19.2 Å². The van der Waals surface area contributed by atoms with Crippen LogP contribution >= 0.6 is 0 Å². The van der Waals surface area contributed by atoms with Crippen molar-refractivity contribution >= 4 is 29.4 Å². The second kappa shape index (κ2) is 10.9. The molecule has 10 heteroatoms. The van der Waals surface area contributed by atoms with Crippen molar-refractivity contribution in [1.29, 1.82) is 0 Å². The van der Waals surface area contributed by atoms with Gasteiger partial charge in [0.2, 0.25) is 5.91 Å².